The quantitative estimate of drug-likeness (QED) is 0.767. The van der Waals surface area contributed by atoms with Gasteiger partial charge in [-0.25, -0.2) is 0 Å². The molecular formula is C10H14BrNO2. The molecule has 0 radical (unpaired) electrons. The molecule has 0 atom stereocenters. The zero-order chi connectivity index (χ0) is 11.0. The number of rotatable bonds is 2. The fourth-order valence-electron chi connectivity index (χ4n) is 0.663. The van der Waals surface area contributed by atoms with Crippen molar-refractivity contribution in [3.63, 3.8) is 0 Å². The minimum Gasteiger partial charge on any atom is -0.468 e. The van der Waals surface area contributed by atoms with Crippen molar-refractivity contribution in [2.24, 2.45) is 0 Å². The van der Waals surface area contributed by atoms with Gasteiger partial charge in [-0.3, -0.25) is 9.78 Å². The predicted octanol–water partition coefficient (Wildman–Crippen LogP) is 2.64. The highest BCUT2D eigenvalue weighted by Gasteiger charge is 1.92. The van der Waals surface area contributed by atoms with Gasteiger partial charge in [0.15, 0.2) is 0 Å². The van der Waals surface area contributed by atoms with Crippen molar-refractivity contribution >= 4 is 22.4 Å². The highest BCUT2D eigenvalue weighted by molar-refractivity contribution is 9.10. The van der Waals surface area contributed by atoms with Crippen molar-refractivity contribution in [3.05, 3.63) is 28.0 Å². The maximum absolute atomic E-state index is 9.18. The second kappa shape index (κ2) is 7.50. The summed E-state index contributed by atoms with van der Waals surface area (Å²) in [7, 11) is 0. The van der Waals surface area contributed by atoms with E-state index >= 15 is 0 Å². The molecule has 0 spiro atoms. The lowest BCUT2D eigenvalue weighted by atomic mass is 10.3. The van der Waals surface area contributed by atoms with Gasteiger partial charge in [0.05, 0.1) is 6.61 Å². The highest BCUT2D eigenvalue weighted by atomic mass is 79.9. The van der Waals surface area contributed by atoms with Crippen LogP contribution in [0.4, 0.5) is 0 Å². The van der Waals surface area contributed by atoms with Crippen LogP contribution in [0.5, 0.6) is 0 Å². The topological polar surface area (TPSA) is 39.2 Å². The summed E-state index contributed by atoms with van der Waals surface area (Å²) < 4.78 is 5.29. The van der Waals surface area contributed by atoms with Crippen molar-refractivity contribution in [1.29, 1.82) is 0 Å². The van der Waals surface area contributed by atoms with Crippen LogP contribution >= 0.6 is 15.9 Å². The average molecular weight is 260 g/mol. The Morgan fingerprint density at radius 3 is 2.50 bits per heavy atom. The fraction of sp³-hybridized carbons (Fsp3) is 0.400. The molecular weight excluding hydrogens is 246 g/mol. The molecule has 0 amide bonds. The number of carbonyl (C=O) groups is 1. The third-order valence-corrected chi connectivity index (χ3v) is 2.26. The molecule has 0 aliphatic heterocycles. The summed E-state index contributed by atoms with van der Waals surface area (Å²) in [6, 6.07) is 2.01. The molecule has 1 rings (SSSR count). The van der Waals surface area contributed by atoms with Gasteiger partial charge in [0.1, 0.15) is 0 Å². The minimum absolute atomic E-state index is 0.431. The lowest BCUT2D eigenvalue weighted by Gasteiger charge is -1.95. The zero-order valence-electron chi connectivity index (χ0n) is 8.58. The normalized spacial score (nSPS) is 8.57. The SMILES string of the molecule is CCOC=O.Cc1cc(Br)c(C)cn1. The van der Waals surface area contributed by atoms with E-state index in [0.717, 1.165) is 10.2 Å². The van der Waals surface area contributed by atoms with Crippen LogP contribution in [0.25, 0.3) is 0 Å². The van der Waals surface area contributed by atoms with E-state index in [1.54, 1.807) is 6.92 Å². The number of pyridine rings is 1. The van der Waals surface area contributed by atoms with Crippen LogP contribution in [0.2, 0.25) is 0 Å². The van der Waals surface area contributed by atoms with Crippen LogP contribution in [0.15, 0.2) is 16.7 Å². The molecule has 0 saturated carbocycles. The molecule has 0 N–H and O–H groups in total. The standard InChI is InChI=1S/C7H8BrN.C3H6O2/c1-5-4-9-6(2)3-7(5)8;1-2-5-3-4/h3-4H,1-2H3;3H,2H2,1H3. The van der Waals surface area contributed by atoms with E-state index in [1.807, 2.05) is 26.1 Å². The Hall–Kier alpha value is -0.900. The lowest BCUT2D eigenvalue weighted by molar-refractivity contribution is -0.128. The molecule has 4 heteroatoms. The smallest absolute Gasteiger partial charge is 0.293 e. The summed E-state index contributed by atoms with van der Waals surface area (Å²) in [4.78, 5) is 13.3. The zero-order valence-corrected chi connectivity index (χ0v) is 10.2. The molecule has 1 aromatic rings. The summed E-state index contributed by atoms with van der Waals surface area (Å²) in [6.07, 6.45) is 1.86. The molecule has 0 unspecified atom stereocenters. The molecule has 14 heavy (non-hydrogen) atoms. The van der Waals surface area contributed by atoms with Crippen LogP contribution in [-0.2, 0) is 9.53 Å². The molecule has 3 nitrogen and oxygen atoms in total. The van der Waals surface area contributed by atoms with Gasteiger partial charge >= 0.3 is 0 Å². The largest absolute Gasteiger partial charge is 0.468 e. The van der Waals surface area contributed by atoms with Crippen molar-refractivity contribution in [1.82, 2.24) is 4.98 Å². The van der Waals surface area contributed by atoms with E-state index in [9.17, 15) is 4.79 Å². The number of hydrogen-bond acceptors (Lipinski definition) is 3. The second-order valence-corrected chi connectivity index (χ2v) is 3.48. The third kappa shape index (κ3) is 5.70. The minimum atomic E-state index is 0.431. The van der Waals surface area contributed by atoms with E-state index in [4.69, 9.17) is 0 Å². The van der Waals surface area contributed by atoms with Crippen molar-refractivity contribution < 1.29 is 9.53 Å². The number of halogens is 1. The van der Waals surface area contributed by atoms with Crippen molar-refractivity contribution in [2.75, 3.05) is 6.61 Å². The first-order valence-electron chi connectivity index (χ1n) is 4.25. The first-order valence-corrected chi connectivity index (χ1v) is 5.05. The van der Waals surface area contributed by atoms with Gasteiger partial charge in [-0.15, -0.1) is 0 Å². The Bertz CT molecular complexity index is 289. The molecule has 0 aliphatic rings. The number of carbonyl (C=O) groups excluding carboxylic acids is 1. The summed E-state index contributed by atoms with van der Waals surface area (Å²) in [5.41, 5.74) is 2.23. The van der Waals surface area contributed by atoms with Gasteiger partial charge < -0.3 is 4.74 Å². The monoisotopic (exact) mass is 259 g/mol. The molecule has 0 aliphatic carbocycles. The van der Waals surface area contributed by atoms with E-state index < -0.39 is 0 Å². The average Bonchev–Trinajstić information content (AvgIpc) is 2.14. The molecule has 1 aromatic heterocycles. The highest BCUT2D eigenvalue weighted by Crippen LogP contribution is 2.14. The Morgan fingerprint density at radius 2 is 2.21 bits per heavy atom. The number of nitrogens with zero attached hydrogens (tertiary/aromatic N) is 1. The summed E-state index contributed by atoms with van der Waals surface area (Å²) >= 11 is 3.41. The van der Waals surface area contributed by atoms with Gasteiger partial charge in [-0.05, 0) is 32.4 Å². The van der Waals surface area contributed by atoms with Crippen LogP contribution < -0.4 is 0 Å². The molecule has 0 aromatic carbocycles. The lowest BCUT2D eigenvalue weighted by Crippen LogP contribution is -1.82. The summed E-state index contributed by atoms with van der Waals surface area (Å²) in [5, 5.41) is 0. The first kappa shape index (κ1) is 13.1. The Labute approximate surface area is 92.6 Å². The van der Waals surface area contributed by atoms with Crippen LogP contribution in [0.3, 0.4) is 0 Å². The number of ether oxygens (including phenoxy) is 1. The van der Waals surface area contributed by atoms with Gasteiger partial charge in [0.25, 0.3) is 6.47 Å². The van der Waals surface area contributed by atoms with Crippen LogP contribution in [0.1, 0.15) is 18.2 Å². The van der Waals surface area contributed by atoms with Crippen LogP contribution in [-0.4, -0.2) is 18.1 Å². The molecule has 0 saturated heterocycles. The van der Waals surface area contributed by atoms with E-state index in [0.29, 0.717) is 13.1 Å². The second-order valence-electron chi connectivity index (χ2n) is 2.63. The Kier molecular flexibility index (Phi) is 7.02. The van der Waals surface area contributed by atoms with Crippen molar-refractivity contribution in [2.45, 2.75) is 20.8 Å². The van der Waals surface area contributed by atoms with Gasteiger partial charge in [0, 0.05) is 16.4 Å². The molecule has 78 valence electrons. The van der Waals surface area contributed by atoms with E-state index in [1.165, 1.54) is 5.56 Å². The van der Waals surface area contributed by atoms with Gasteiger partial charge in [-0.2, -0.15) is 0 Å². The maximum Gasteiger partial charge on any atom is 0.293 e. The summed E-state index contributed by atoms with van der Waals surface area (Å²) in [5.74, 6) is 0. The first-order chi connectivity index (χ1) is 6.61. The maximum atomic E-state index is 9.18. The third-order valence-electron chi connectivity index (χ3n) is 1.41. The molecule has 0 bridgehead atoms. The van der Waals surface area contributed by atoms with Crippen LogP contribution in [0, 0.1) is 13.8 Å². The van der Waals surface area contributed by atoms with Crippen molar-refractivity contribution in [3.8, 4) is 0 Å². The van der Waals surface area contributed by atoms with E-state index in [-0.39, 0.29) is 0 Å². The molecule has 1 heterocycles. The fourth-order valence-corrected chi connectivity index (χ4v) is 1.10. The van der Waals surface area contributed by atoms with Gasteiger partial charge in [-0.1, -0.05) is 15.9 Å². The number of aryl methyl sites for hydroxylation is 2. The predicted molar refractivity (Wildman–Crippen MR) is 59.1 cm³/mol. The van der Waals surface area contributed by atoms with Gasteiger partial charge in [0.2, 0.25) is 0 Å². The number of hydrogen-bond donors (Lipinski definition) is 0. The Balaban J connectivity index is 0.000000292. The molecule has 0 fully saturated rings. The number of aromatic nitrogens is 1. The van der Waals surface area contributed by atoms with E-state index in [2.05, 4.69) is 25.7 Å². The Morgan fingerprint density at radius 1 is 1.57 bits per heavy atom. The summed E-state index contributed by atoms with van der Waals surface area (Å²) in [6.45, 7) is 6.67.